The van der Waals surface area contributed by atoms with Gasteiger partial charge in [0.2, 0.25) is 5.91 Å². The highest BCUT2D eigenvalue weighted by atomic mass is 35.5. The molecule has 1 fully saturated rings. The molecule has 1 saturated heterocycles. The molecular formula is C20H19ClF2N2O. The van der Waals surface area contributed by atoms with Crippen LogP contribution < -0.4 is 0 Å². The predicted molar refractivity (Wildman–Crippen MR) is 98.7 cm³/mol. The molecule has 136 valence electrons. The maximum Gasteiger partial charge on any atom is 0.246 e. The zero-order valence-corrected chi connectivity index (χ0v) is 14.9. The van der Waals surface area contributed by atoms with Crippen LogP contribution in [0, 0.1) is 11.6 Å². The molecule has 0 aliphatic carbocycles. The number of carbonyl (C=O) groups excluding carboxylic acids is 1. The molecule has 2 aromatic carbocycles. The van der Waals surface area contributed by atoms with Gasteiger partial charge in [-0.3, -0.25) is 9.69 Å². The van der Waals surface area contributed by atoms with Gasteiger partial charge in [0.05, 0.1) is 0 Å². The van der Waals surface area contributed by atoms with Crippen molar-refractivity contribution < 1.29 is 13.6 Å². The normalized spacial score (nSPS) is 15.6. The smallest absolute Gasteiger partial charge is 0.246 e. The van der Waals surface area contributed by atoms with Gasteiger partial charge in [0.15, 0.2) is 0 Å². The minimum absolute atomic E-state index is 0.0853. The minimum Gasteiger partial charge on any atom is -0.337 e. The molecule has 3 nitrogen and oxygen atoms in total. The van der Waals surface area contributed by atoms with Gasteiger partial charge in [0, 0.05) is 49.4 Å². The van der Waals surface area contributed by atoms with Gasteiger partial charge in [-0.05, 0) is 35.9 Å². The Bertz CT molecular complexity index is 780. The van der Waals surface area contributed by atoms with Crippen LogP contribution in [0.1, 0.15) is 11.1 Å². The number of rotatable bonds is 4. The first-order chi connectivity index (χ1) is 12.5. The van der Waals surface area contributed by atoms with Crippen LogP contribution in [0.4, 0.5) is 8.78 Å². The van der Waals surface area contributed by atoms with E-state index in [-0.39, 0.29) is 17.5 Å². The first-order valence-electron chi connectivity index (χ1n) is 8.41. The Kier molecular flexibility index (Phi) is 6.01. The molecule has 26 heavy (non-hydrogen) atoms. The summed E-state index contributed by atoms with van der Waals surface area (Å²) in [6, 6.07) is 10.6. The lowest BCUT2D eigenvalue weighted by Gasteiger charge is -2.34. The first kappa shape index (κ1) is 18.5. The summed E-state index contributed by atoms with van der Waals surface area (Å²) >= 11 is 6.07. The molecule has 0 saturated carbocycles. The molecule has 3 rings (SSSR count). The quantitative estimate of drug-likeness (QED) is 0.754. The number of halogens is 3. The number of hydrogen-bond donors (Lipinski definition) is 0. The van der Waals surface area contributed by atoms with Crippen molar-refractivity contribution in [3.05, 3.63) is 76.3 Å². The molecule has 1 aliphatic heterocycles. The van der Waals surface area contributed by atoms with Crippen molar-refractivity contribution in [1.82, 2.24) is 9.80 Å². The summed E-state index contributed by atoms with van der Waals surface area (Å²) in [5.41, 5.74) is 1.26. The lowest BCUT2D eigenvalue weighted by molar-refractivity contribution is -0.127. The maximum atomic E-state index is 13.9. The van der Waals surface area contributed by atoms with Crippen LogP contribution in [0.2, 0.25) is 5.02 Å². The molecular weight excluding hydrogens is 358 g/mol. The zero-order valence-electron chi connectivity index (χ0n) is 14.2. The fourth-order valence-electron chi connectivity index (χ4n) is 2.88. The number of hydrogen-bond acceptors (Lipinski definition) is 2. The van der Waals surface area contributed by atoms with E-state index in [2.05, 4.69) is 4.90 Å². The minimum atomic E-state index is -0.307. The third kappa shape index (κ3) is 4.68. The fraction of sp³-hybridized carbons (Fsp3) is 0.250. The van der Waals surface area contributed by atoms with E-state index >= 15 is 0 Å². The van der Waals surface area contributed by atoms with Crippen LogP contribution in [0.15, 0.2) is 48.5 Å². The van der Waals surface area contributed by atoms with Crippen molar-refractivity contribution in [2.45, 2.75) is 6.54 Å². The van der Waals surface area contributed by atoms with Crippen LogP contribution in [0.5, 0.6) is 0 Å². The monoisotopic (exact) mass is 376 g/mol. The number of piperazine rings is 1. The summed E-state index contributed by atoms with van der Waals surface area (Å²) in [7, 11) is 0. The van der Waals surface area contributed by atoms with E-state index in [9.17, 15) is 13.6 Å². The van der Waals surface area contributed by atoms with Gasteiger partial charge in [0.1, 0.15) is 11.6 Å². The Balaban J connectivity index is 1.53. The molecule has 0 N–H and O–H groups in total. The predicted octanol–water partition coefficient (Wildman–Crippen LogP) is 3.98. The lowest BCUT2D eigenvalue weighted by Crippen LogP contribution is -2.47. The highest BCUT2D eigenvalue weighted by molar-refractivity contribution is 6.31. The fourth-order valence-corrected chi connectivity index (χ4v) is 3.10. The van der Waals surface area contributed by atoms with Crippen molar-refractivity contribution >= 4 is 23.6 Å². The first-order valence-corrected chi connectivity index (χ1v) is 8.78. The number of carbonyl (C=O) groups is 1. The van der Waals surface area contributed by atoms with Crippen molar-refractivity contribution in [3.8, 4) is 0 Å². The largest absolute Gasteiger partial charge is 0.337 e. The Morgan fingerprint density at radius 3 is 2.38 bits per heavy atom. The summed E-state index contributed by atoms with van der Waals surface area (Å²) in [5, 5.41) is 0.422. The number of nitrogens with zero attached hydrogens (tertiary/aromatic N) is 2. The van der Waals surface area contributed by atoms with E-state index in [0.717, 1.165) is 5.56 Å². The topological polar surface area (TPSA) is 23.6 Å². The highest BCUT2D eigenvalue weighted by Gasteiger charge is 2.21. The van der Waals surface area contributed by atoms with E-state index in [1.807, 2.05) is 0 Å². The second kappa shape index (κ2) is 8.43. The standard InChI is InChI=1S/C20H19ClF2N2O/c21-18-2-1-3-19(23)17(18)14-24-10-12-25(13-11-24)20(26)9-6-15-4-7-16(22)8-5-15/h1-9H,10-14H2/b9-6+. The number of benzene rings is 2. The van der Waals surface area contributed by atoms with E-state index in [1.54, 1.807) is 35.2 Å². The second-order valence-electron chi connectivity index (χ2n) is 6.19. The zero-order chi connectivity index (χ0) is 18.5. The molecule has 0 radical (unpaired) electrons. The molecule has 0 bridgehead atoms. The summed E-state index contributed by atoms with van der Waals surface area (Å²) in [6.45, 7) is 2.87. The van der Waals surface area contributed by atoms with Gasteiger partial charge in [-0.25, -0.2) is 8.78 Å². The summed E-state index contributed by atoms with van der Waals surface area (Å²) in [5.74, 6) is -0.698. The van der Waals surface area contributed by atoms with Crippen LogP contribution >= 0.6 is 11.6 Å². The molecule has 0 spiro atoms. The average molecular weight is 377 g/mol. The molecule has 1 heterocycles. The molecule has 0 atom stereocenters. The third-order valence-electron chi connectivity index (χ3n) is 4.42. The summed E-state index contributed by atoms with van der Waals surface area (Å²) in [4.78, 5) is 16.1. The second-order valence-corrected chi connectivity index (χ2v) is 6.59. The summed E-state index contributed by atoms with van der Waals surface area (Å²) < 4.78 is 26.8. The third-order valence-corrected chi connectivity index (χ3v) is 4.77. The van der Waals surface area contributed by atoms with Crippen LogP contribution in [-0.4, -0.2) is 41.9 Å². The average Bonchev–Trinajstić information content (AvgIpc) is 2.65. The Hall–Kier alpha value is -2.24. The van der Waals surface area contributed by atoms with Crippen molar-refractivity contribution in [2.75, 3.05) is 26.2 Å². The van der Waals surface area contributed by atoms with E-state index in [0.29, 0.717) is 43.3 Å². The van der Waals surface area contributed by atoms with Gasteiger partial charge in [-0.1, -0.05) is 29.8 Å². The summed E-state index contributed by atoms with van der Waals surface area (Å²) in [6.07, 6.45) is 3.17. The number of amides is 1. The van der Waals surface area contributed by atoms with Gasteiger partial charge in [-0.2, -0.15) is 0 Å². The molecule has 1 aliphatic rings. The maximum absolute atomic E-state index is 13.9. The van der Waals surface area contributed by atoms with Gasteiger partial charge >= 0.3 is 0 Å². The molecule has 6 heteroatoms. The van der Waals surface area contributed by atoms with Crippen LogP contribution in [0.3, 0.4) is 0 Å². The van der Waals surface area contributed by atoms with Gasteiger partial charge in [-0.15, -0.1) is 0 Å². The molecule has 1 amide bonds. The Labute approximate surface area is 156 Å². The van der Waals surface area contributed by atoms with Crippen molar-refractivity contribution in [3.63, 3.8) is 0 Å². The van der Waals surface area contributed by atoms with Crippen molar-refractivity contribution in [2.24, 2.45) is 0 Å². The SMILES string of the molecule is O=C(/C=C/c1ccc(F)cc1)N1CCN(Cc2c(F)cccc2Cl)CC1. The van der Waals surface area contributed by atoms with E-state index in [4.69, 9.17) is 11.6 Å². The van der Waals surface area contributed by atoms with Crippen molar-refractivity contribution in [1.29, 1.82) is 0 Å². The van der Waals surface area contributed by atoms with Gasteiger partial charge in [0.25, 0.3) is 0 Å². The van der Waals surface area contributed by atoms with E-state index < -0.39 is 0 Å². The lowest BCUT2D eigenvalue weighted by atomic mass is 10.1. The van der Waals surface area contributed by atoms with Crippen LogP contribution in [0.25, 0.3) is 6.08 Å². The molecule has 2 aromatic rings. The Morgan fingerprint density at radius 1 is 1.04 bits per heavy atom. The van der Waals surface area contributed by atoms with E-state index in [1.165, 1.54) is 24.3 Å². The Morgan fingerprint density at radius 2 is 1.73 bits per heavy atom. The highest BCUT2D eigenvalue weighted by Crippen LogP contribution is 2.21. The molecule has 0 unspecified atom stereocenters. The molecule has 0 aromatic heterocycles. The van der Waals surface area contributed by atoms with Crippen LogP contribution in [-0.2, 0) is 11.3 Å². The van der Waals surface area contributed by atoms with Gasteiger partial charge < -0.3 is 4.90 Å².